The van der Waals surface area contributed by atoms with Crippen LogP contribution >= 0.6 is 0 Å². The molecule has 0 unspecified atom stereocenters. The van der Waals surface area contributed by atoms with Crippen molar-refractivity contribution < 1.29 is 22.7 Å². The summed E-state index contributed by atoms with van der Waals surface area (Å²) in [5.74, 6) is -0.146. The minimum Gasteiger partial charge on any atom is -0.443 e. The van der Waals surface area contributed by atoms with Crippen molar-refractivity contribution in [3.8, 4) is 0 Å². The first-order chi connectivity index (χ1) is 15.8. The standard InChI is InChI=1S/C26H32N2O5S/c1-7-34(31,32)21-11-8-18(9-12-21)15-27-24(29)19-10-13-22-20(14-19)16-28(23(22)17(2)3)25(30)33-26(4,5)6/h8-14,16-17H,7,15H2,1-6H3,(H,27,29). The minimum atomic E-state index is -3.26. The van der Waals surface area contributed by atoms with Crippen molar-refractivity contribution in [1.82, 2.24) is 9.88 Å². The first kappa shape index (κ1) is 25.5. The maximum absolute atomic E-state index is 12.8. The Morgan fingerprint density at radius 3 is 2.26 bits per heavy atom. The Bertz CT molecular complexity index is 1310. The van der Waals surface area contributed by atoms with Gasteiger partial charge in [-0.1, -0.05) is 39.0 Å². The van der Waals surface area contributed by atoms with Crippen LogP contribution in [0.15, 0.2) is 53.6 Å². The third-order valence-electron chi connectivity index (χ3n) is 5.37. The number of nitrogens with zero attached hydrogens (tertiary/aromatic N) is 1. The highest BCUT2D eigenvalue weighted by Crippen LogP contribution is 2.29. The predicted molar refractivity (Wildman–Crippen MR) is 133 cm³/mol. The van der Waals surface area contributed by atoms with Gasteiger partial charge >= 0.3 is 6.09 Å². The quantitative estimate of drug-likeness (QED) is 0.514. The lowest BCUT2D eigenvalue weighted by Crippen LogP contribution is -2.27. The summed E-state index contributed by atoms with van der Waals surface area (Å²) in [6, 6.07) is 11.8. The molecule has 0 radical (unpaired) electrons. The number of sulfone groups is 1. The van der Waals surface area contributed by atoms with Gasteiger partial charge in [-0.2, -0.15) is 0 Å². The third-order valence-corrected chi connectivity index (χ3v) is 7.12. The van der Waals surface area contributed by atoms with E-state index in [0.717, 1.165) is 22.0 Å². The minimum absolute atomic E-state index is 0.0414. The zero-order chi connectivity index (χ0) is 25.3. The summed E-state index contributed by atoms with van der Waals surface area (Å²) < 4.78 is 31.0. The second-order valence-electron chi connectivity index (χ2n) is 9.55. The average Bonchev–Trinajstić information content (AvgIpc) is 3.16. The van der Waals surface area contributed by atoms with E-state index in [-0.39, 0.29) is 29.0 Å². The van der Waals surface area contributed by atoms with Crippen molar-refractivity contribution in [2.45, 2.75) is 64.5 Å². The zero-order valence-electron chi connectivity index (χ0n) is 20.5. The summed E-state index contributed by atoms with van der Waals surface area (Å²) in [5, 5.41) is 4.53. The highest BCUT2D eigenvalue weighted by molar-refractivity contribution is 7.91. The van der Waals surface area contributed by atoms with Crippen LogP contribution in [0.3, 0.4) is 0 Å². The fourth-order valence-electron chi connectivity index (χ4n) is 3.70. The van der Waals surface area contributed by atoms with Crippen molar-refractivity contribution in [3.63, 3.8) is 0 Å². The summed E-state index contributed by atoms with van der Waals surface area (Å²) in [6.07, 6.45) is 1.26. The van der Waals surface area contributed by atoms with E-state index in [1.807, 2.05) is 40.7 Å². The van der Waals surface area contributed by atoms with Crippen LogP contribution in [-0.4, -0.2) is 36.3 Å². The molecule has 1 heterocycles. The normalized spacial score (nSPS) is 12.2. The monoisotopic (exact) mass is 484 g/mol. The molecule has 34 heavy (non-hydrogen) atoms. The van der Waals surface area contributed by atoms with E-state index in [2.05, 4.69) is 5.32 Å². The smallest absolute Gasteiger partial charge is 0.418 e. The number of carbonyl (C=O) groups is 2. The Kier molecular flexibility index (Phi) is 7.21. The van der Waals surface area contributed by atoms with E-state index < -0.39 is 21.5 Å². The molecule has 3 aromatic rings. The molecule has 1 aromatic heterocycles. The Morgan fingerprint density at radius 2 is 1.71 bits per heavy atom. The second kappa shape index (κ2) is 9.62. The van der Waals surface area contributed by atoms with Crippen molar-refractivity contribution in [1.29, 1.82) is 0 Å². The molecule has 182 valence electrons. The SMILES string of the molecule is CCS(=O)(=O)c1ccc(CNC(=O)c2ccc3c(C(C)C)n(C(=O)OC(C)(C)C)cc3c2)cc1. The molecule has 8 heteroatoms. The van der Waals surface area contributed by atoms with Crippen LogP contribution in [0.1, 0.15) is 69.1 Å². The predicted octanol–water partition coefficient (Wildman–Crippen LogP) is 5.27. The fraction of sp³-hybridized carbons (Fsp3) is 0.385. The van der Waals surface area contributed by atoms with E-state index in [1.54, 1.807) is 49.5 Å². The van der Waals surface area contributed by atoms with Crippen LogP contribution in [0.5, 0.6) is 0 Å². The van der Waals surface area contributed by atoms with Gasteiger partial charge in [0.25, 0.3) is 5.91 Å². The van der Waals surface area contributed by atoms with Gasteiger partial charge in [0.1, 0.15) is 5.60 Å². The summed E-state index contributed by atoms with van der Waals surface area (Å²) in [4.78, 5) is 25.8. The molecule has 0 aliphatic carbocycles. The molecule has 0 spiro atoms. The number of hydrogen-bond acceptors (Lipinski definition) is 5. The first-order valence-corrected chi connectivity index (χ1v) is 13.0. The van der Waals surface area contributed by atoms with Crippen LogP contribution in [0.4, 0.5) is 4.79 Å². The highest BCUT2D eigenvalue weighted by atomic mass is 32.2. The van der Waals surface area contributed by atoms with Gasteiger partial charge in [-0.15, -0.1) is 0 Å². The molecule has 0 bridgehead atoms. The zero-order valence-corrected chi connectivity index (χ0v) is 21.3. The number of aromatic nitrogens is 1. The van der Waals surface area contributed by atoms with Crippen molar-refractivity contribution in [3.05, 3.63) is 65.5 Å². The molecule has 0 atom stereocenters. The van der Waals surface area contributed by atoms with E-state index >= 15 is 0 Å². The van der Waals surface area contributed by atoms with Gasteiger partial charge in [0.2, 0.25) is 0 Å². The Balaban J connectivity index is 1.81. The van der Waals surface area contributed by atoms with Crippen molar-refractivity contribution >= 4 is 32.6 Å². The average molecular weight is 485 g/mol. The van der Waals surface area contributed by atoms with Gasteiger partial charge in [-0.25, -0.2) is 13.2 Å². The molecule has 0 aliphatic rings. The van der Waals surface area contributed by atoms with Crippen LogP contribution in [0.25, 0.3) is 10.8 Å². The Hall–Kier alpha value is -3.13. The number of benzene rings is 2. The number of nitrogens with one attached hydrogen (secondary N) is 1. The largest absolute Gasteiger partial charge is 0.443 e. The van der Waals surface area contributed by atoms with Crippen molar-refractivity contribution in [2.24, 2.45) is 0 Å². The maximum atomic E-state index is 12.8. The molecule has 7 nitrogen and oxygen atoms in total. The summed E-state index contributed by atoms with van der Waals surface area (Å²) in [6.45, 7) is 11.3. The van der Waals surface area contributed by atoms with Gasteiger partial charge in [0.05, 0.1) is 10.6 Å². The van der Waals surface area contributed by atoms with Gasteiger partial charge in [-0.05, 0) is 56.5 Å². The molecule has 0 fully saturated rings. The first-order valence-electron chi connectivity index (χ1n) is 11.3. The van der Waals surface area contributed by atoms with E-state index in [4.69, 9.17) is 4.74 Å². The van der Waals surface area contributed by atoms with E-state index in [9.17, 15) is 18.0 Å². The van der Waals surface area contributed by atoms with Crippen LogP contribution in [0.2, 0.25) is 0 Å². The molecule has 2 aromatic carbocycles. The lowest BCUT2D eigenvalue weighted by Gasteiger charge is -2.21. The molecule has 1 amide bonds. The molecular weight excluding hydrogens is 452 g/mol. The van der Waals surface area contributed by atoms with Gasteiger partial charge in [-0.3, -0.25) is 9.36 Å². The van der Waals surface area contributed by atoms with Crippen LogP contribution < -0.4 is 5.32 Å². The van der Waals surface area contributed by atoms with Crippen LogP contribution in [0, 0.1) is 0 Å². The Morgan fingerprint density at radius 1 is 1.06 bits per heavy atom. The summed E-state index contributed by atoms with van der Waals surface area (Å²) >= 11 is 0. The number of amides is 1. The molecule has 0 aliphatic heterocycles. The fourth-order valence-corrected chi connectivity index (χ4v) is 4.58. The van der Waals surface area contributed by atoms with Gasteiger partial charge in [0.15, 0.2) is 9.84 Å². The number of ether oxygens (including phenoxy) is 1. The van der Waals surface area contributed by atoms with E-state index in [1.165, 1.54) is 4.57 Å². The van der Waals surface area contributed by atoms with E-state index in [0.29, 0.717) is 5.56 Å². The van der Waals surface area contributed by atoms with Crippen molar-refractivity contribution in [2.75, 3.05) is 5.75 Å². The lowest BCUT2D eigenvalue weighted by molar-refractivity contribution is 0.0532. The van der Waals surface area contributed by atoms with Crippen LogP contribution in [-0.2, 0) is 21.1 Å². The number of hydrogen-bond donors (Lipinski definition) is 1. The summed E-state index contributed by atoms with van der Waals surface area (Å²) in [7, 11) is -3.26. The molecule has 1 N–H and O–H groups in total. The highest BCUT2D eigenvalue weighted by Gasteiger charge is 2.23. The maximum Gasteiger partial charge on any atom is 0.418 e. The third kappa shape index (κ3) is 5.67. The molecule has 0 saturated carbocycles. The molecular formula is C26H32N2O5S. The second-order valence-corrected chi connectivity index (χ2v) is 11.8. The number of carbonyl (C=O) groups excluding carboxylic acids is 2. The molecule has 3 rings (SSSR count). The van der Waals surface area contributed by atoms with Gasteiger partial charge in [0, 0.05) is 34.8 Å². The van der Waals surface area contributed by atoms with Gasteiger partial charge < -0.3 is 10.1 Å². The topological polar surface area (TPSA) is 94.5 Å². The lowest BCUT2D eigenvalue weighted by atomic mass is 10.0. The molecule has 0 saturated heterocycles. The number of rotatable bonds is 6. The Labute approximate surface area is 201 Å². The summed E-state index contributed by atoms with van der Waals surface area (Å²) in [5.41, 5.74) is 1.47. The number of fused-ring (bicyclic) bond motifs is 1.